The van der Waals surface area contributed by atoms with Crippen LogP contribution in [0.25, 0.3) is 0 Å². The molecule has 0 rings (SSSR count). The van der Waals surface area contributed by atoms with E-state index in [9.17, 15) is 4.79 Å². The molecular formula is C8H8O4. The van der Waals surface area contributed by atoms with E-state index in [1.165, 1.54) is 19.1 Å². The smallest absolute Gasteiger partial charge is 0.336 e. The molecule has 0 saturated carbocycles. The first kappa shape index (κ1) is 10.3. The van der Waals surface area contributed by atoms with Crippen LogP contribution in [-0.2, 0) is 9.68 Å². The van der Waals surface area contributed by atoms with Gasteiger partial charge in [-0.1, -0.05) is 11.5 Å². The van der Waals surface area contributed by atoms with Crippen LogP contribution < -0.4 is 0 Å². The van der Waals surface area contributed by atoms with Crippen LogP contribution >= 0.6 is 0 Å². The summed E-state index contributed by atoms with van der Waals surface area (Å²) >= 11 is 0. The van der Waals surface area contributed by atoms with Crippen molar-refractivity contribution in [2.24, 2.45) is 0 Å². The van der Waals surface area contributed by atoms with Crippen LogP contribution in [0.15, 0.2) is 35.4 Å². The molecule has 0 aromatic carbocycles. The maximum absolute atomic E-state index is 9.90. The quantitative estimate of drug-likeness (QED) is 0.166. The molecule has 0 aliphatic rings. The van der Waals surface area contributed by atoms with Crippen molar-refractivity contribution >= 4 is 5.97 Å². The molecule has 64 valence electrons. The first-order valence-electron chi connectivity index (χ1n) is 3.05. The van der Waals surface area contributed by atoms with E-state index in [-0.39, 0.29) is 5.76 Å². The first-order chi connectivity index (χ1) is 5.66. The number of hydrogen-bond donors (Lipinski definition) is 2. The third-order valence-corrected chi connectivity index (χ3v) is 0.824. The molecule has 0 bridgehead atoms. The number of hydrogen-bond acceptors (Lipinski definition) is 3. The zero-order valence-corrected chi connectivity index (χ0v) is 6.44. The fourth-order valence-corrected chi connectivity index (χ4v) is 0.341. The van der Waals surface area contributed by atoms with E-state index in [4.69, 9.17) is 10.4 Å². The number of aliphatic carboxylic acids is 1. The van der Waals surface area contributed by atoms with Gasteiger partial charge in [0.25, 0.3) is 0 Å². The van der Waals surface area contributed by atoms with E-state index in [0.717, 1.165) is 6.08 Å². The predicted molar refractivity (Wildman–Crippen MR) is 41.3 cm³/mol. The summed E-state index contributed by atoms with van der Waals surface area (Å²) in [4.78, 5) is 13.7. The molecule has 0 aromatic rings. The third-order valence-electron chi connectivity index (χ3n) is 0.824. The van der Waals surface area contributed by atoms with E-state index in [0.29, 0.717) is 0 Å². The van der Waals surface area contributed by atoms with E-state index >= 15 is 0 Å². The van der Waals surface area contributed by atoms with E-state index < -0.39 is 5.97 Å². The van der Waals surface area contributed by atoms with Crippen LogP contribution in [0, 0.1) is 0 Å². The minimum absolute atomic E-state index is 0.277. The Labute approximate surface area is 69.3 Å². The summed E-state index contributed by atoms with van der Waals surface area (Å²) in [6.07, 6.45) is 3.59. The number of carbonyl (C=O) groups is 1. The summed E-state index contributed by atoms with van der Waals surface area (Å²) in [6.45, 7) is 1.53. The van der Waals surface area contributed by atoms with Crippen LogP contribution in [0.1, 0.15) is 6.92 Å². The maximum atomic E-state index is 9.90. The first-order valence-corrected chi connectivity index (χ1v) is 3.05. The van der Waals surface area contributed by atoms with Gasteiger partial charge in [-0.25, -0.2) is 10.1 Å². The molecule has 4 nitrogen and oxygen atoms in total. The van der Waals surface area contributed by atoms with Crippen molar-refractivity contribution in [3.8, 4) is 0 Å². The van der Waals surface area contributed by atoms with Gasteiger partial charge < -0.3 is 9.99 Å². The summed E-state index contributed by atoms with van der Waals surface area (Å²) in [7, 11) is 0. The summed E-state index contributed by atoms with van der Waals surface area (Å²) in [5, 5.41) is 16.2. The molecule has 0 aliphatic carbocycles. The van der Waals surface area contributed by atoms with Gasteiger partial charge in [0.05, 0.1) is 6.08 Å². The highest BCUT2D eigenvalue weighted by Gasteiger charge is 1.80. The van der Waals surface area contributed by atoms with Crippen molar-refractivity contribution < 1.29 is 20.0 Å². The van der Waals surface area contributed by atoms with Gasteiger partial charge >= 0.3 is 5.97 Å². The lowest BCUT2D eigenvalue weighted by Crippen LogP contribution is -1.82. The standard InChI is InChI=1S/C8H8O4/c1-7(12-11)5-3-2-4-6-8(9)10/h3,5-6,11H,1H3,(H,9,10). The summed E-state index contributed by atoms with van der Waals surface area (Å²) in [5.41, 5.74) is 4.66. The van der Waals surface area contributed by atoms with Crippen LogP contribution in [0.4, 0.5) is 0 Å². The second-order valence-corrected chi connectivity index (χ2v) is 1.81. The van der Waals surface area contributed by atoms with Gasteiger partial charge in [0, 0.05) is 0 Å². The number of carboxylic acids is 1. The lowest BCUT2D eigenvalue weighted by atomic mass is 10.4. The molecule has 0 saturated heterocycles. The SMILES string of the molecule is CC(=CC=C=C=CC(=O)O)OO. The average Bonchev–Trinajstić information content (AvgIpc) is 2.03. The van der Waals surface area contributed by atoms with E-state index in [1.54, 1.807) is 0 Å². The Morgan fingerprint density at radius 1 is 1.50 bits per heavy atom. The monoisotopic (exact) mass is 168 g/mol. The number of rotatable bonds is 3. The minimum atomic E-state index is -1.09. The van der Waals surface area contributed by atoms with Gasteiger partial charge in [-0.15, -0.1) is 0 Å². The molecule has 0 atom stereocenters. The van der Waals surface area contributed by atoms with Crippen molar-refractivity contribution in [3.63, 3.8) is 0 Å². The Kier molecular flexibility index (Phi) is 5.14. The van der Waals surface area contributed by atoms with Crippen molar-refractivity contribution in [1.29, 1.82) is 0 Å². The Morgan fingerprint density at radius 3 is 2.67 bits per heavy atom. The molecule has 12 heavy (non-hydrogen) atoms. The van der Waals surface area contributed by atoms with Gasteiger partial charge in [0.2, 0.25) is 0 Å². The summed E-state index contributed by atoms with van der Waals surface area (Å²) in [5.74, 6) is -0.811. The zero-order valence-electron chi connectivity index (χ0n) is 6.44. The van der Waals surface area contributed by atoms with Gasteiger partial charge in [-0.2, -0.15) is 0 Å². The Balaban J connectivity index is 4.25. The highest BCUT2D eigenvalue weighted by atomic mass is 17.1. The topological polar surface area (TPSA) is 66.8 Å². The normalized spacial score (nSPS) is 9.33. The number of carboxylic acid groups (broad SMARTS) is 1. The largest absolute Gasteiger partial charge is 0.478 e. The molecule has 0 amide bonds. The Hall–Kier alpha value is -1.73. The van der Waals surface area contributed by atoms with E-state index in [1.807, 2.05) is 0 Å². The van der Waals surface area contributed by atoms with Crippen molar-refractivity contribution in [3.05, 3.63) is 35.4 Å². The molecular weight excluding hydrogens is 160 g/mol. The summed E-state index contributed by atoms with van der Waals surface area (Å²) < 4.78 is 0. The molecule has 0 fully saturated rings. The van der Waals surface area contributed by atoms with Crippen molar-refractivity contribution in [2.45, 2.75) is 6.92 Å². The van der Waals surface area contributed by atoms with Crippen LogP contribution in [0.5, 0.6) is 0 Å². The molecule has 2 N–H and O–H groups in total. The average molecular weight is 168 g/mol. The van der Waals surface area contributed by atoms with E-state index in [2.05, 4.69) is 16.4 Å². The molecule has 0 spiro atoms. The second kappa shape index (κ2) is 6.01. The summed E-state index contributed by atoms with van der Waals surface area (Å²) in [6, 6.07) is 0. The minimum Gasteiger partial charge on any atom is -0.478 e. The van der Waals surface area contributed by atoms with Gasteiger partial charge in [0.15, 0.2) is 0 Å². The lowest BCUT2D eigenvalue weighted by molar-refractivity contribution is -0.202. The number of allylic oxidation sites excluding steroid dienone is 3. The fourth-order valence-electron chi connectivity index (χ4n) is 0.341. The third kappa shape index (κ3) is 6.39. The molecule has 0 radical (unpaired) electrons. The maximum Gasteiger partial charge on any atom is 0.336 e. The van der Waals surface area contributed by atoms with Crippen LogP contribution in [0.3, 0.4) is 0 Å². The van der Waals surface area contributed by atoms with Crippen molar-refractivity contribution in [1.82, 2.24) is 0 Å². The van der Waals surface area contributed by atoms with Gasteiger partial charge in [0.1, 0.15) is 5.76 Å². The predicted octanol–water partition coefficient (Wildman–Crippen LogP) is 1.33. The highest BCUT2D eigenvalue weighted by molar-refractivity contribution is 5.79. The molecule has 0 heterocycles. The van der Waals surface area contributed by atoms with Crippen LogP contribution in [0.2, 0.25) is 0 Å². The van der Waals surface area contributed by atoms with Gasteiger partial charge in [-0.3, -0.25) is 0 Å². The zero-order chi connectivity index (χ0) is 9.40. The fraction of sp³-hybridized carbons (Fsp3) is 0.125. The molecule has 4 heteroatoms. The Bertz CT molecular complexity index is 275. The lowest BCUT2D eigenvalue weighted by Gasteiger charge is -1.88. The molecule has 0 aromatic heterocycles. The molecule has 0 aliphatic heterocycles. The second-order valence-electron chi connectivity index (χ2n) is 1.81. The molecule has 0 unspecified atom stereocenters. The highest BCUT2D eigenvalue weighted by Crippen LogP contribution is 1.90. The Morgan fingerprint density at radius 2 is 2.17 bits per heavy atom. The van der Waals surface area contributed by atoms with Gasteiger partial charge in [-0.05, 0) is 19.1 Å². The van der Waals surface area contributed by atoms with Crippen LogP contribution in [-0.4, -0.2) is 16.3 Å². The van der Waals surface area contributed by atoms with Crippen molar-refractivity contribution in [2.75, 3.05) is 0 Å².